The summed E-state index contributed by atoms with van der Waals surface area (Å²) >= 11 is 0. The molecule has 4 heteroatoms. The van der Waals surface area contributed by atoms with E-state index in [0.717, 1.165) is 18.7 Å². The molecule has 1 aromatic rings. The van der Waals surface area contributed by atoms with Crippen molar-refractivity contribution >= 4 is 0 Å². The van der Waals surface area contributed by atoms with E-state index in [4.69, 9.17) is 10.8 Å². The highest BCUT2D eigenvalue weighted by atomic mass is 16.3. The van der Waals surface area contributed by atoms with E-state index >= 15 is 0 Å². The Kier molecular flexibility index (Phi) is 3.92. The maximum Gasteiger partial charge on any atom is 0.0948 e. The number of rotatable bonds is 5. The fourth-order valence-electron chi connectivity index (χ4n) is 1.35. The molecule has 0 fully saturated rings. The zero-order chi connectivity index (χ0) is 9.68. The summed E-state index contributed by atoms with van der Waals surface area (Å²) in [6.07, 6.45) is 5.22. The summed E-state index contributed by atoms with van der Waals surface area (Å²) in [6, 6.07) is -0.0981. The van der Waals surface area contributed by atoms with Crippen molar-refractivity contribution in [2.75, 3.05) is 6.61 Å². The summed E-state index contributed by atoms with van der Waals surface area (Å²) in [7, 11) is 0. The van der Waals surface area contributed by atoms with Gasteiger partial charge in [-0.1, -0.05) is 6.92 Å². The van der Waals surface area contributed by atoms with Crippen molar-refractivity contribution in [2.24, 2.45) is 5.73 Å². The van der Waals surface area contributed by atoms with Crippen molar-refractivity contribution in [2.45, 2.75) is 32.4 Å². The SMILES string of the molecule is CCCn1cncc1C(N)CCO. The fourth-order valence-corrected chi connectivity index (χ4v) is 1.35. The van der Waals surface area contributed by atoms with Gasteiger partial charge in [-0.2, -0.15) is 0 Å². The number of aliphatic hydroxyl groups is 1. The third kappa shape index (κ3) is 2.54. The topological polar surface area (TPSA) is 64.1 Å². The third-order valence-corrected chi connectivity index (χ3v) is 2.03. The molecule has 74 valence electrons. The molecule has 0 amide bonds. The zero-order valence-corrected chi connectivity index (χ0v) is 7.98. The lowest BCUT2D eigenvalue weighted by atomic mass is 10.2. The molecule has 0 aliphatic carbocycles. The minimum atomic E-state index is -0.0981. The molecular formula is C9H17N3O. The van der Waals surface area contributed by atoms with E-state index in [0.29, 0.717) is 6.42 Å². The second-order valence-corrected chi connectivity index (χ2v) is 3.13. The molecule has 4 nitrogen and oxygen atoms in total. The predicted octanol–water partition coefficient (Wildman–Crippen LogP) is 0.675. The Labute approximate surface area is 78.4 Å². The molecule has 1 rings (SSSR count). The standard InChI is InChI=1S/C9H17N3O/c1-2-4-12-7-11-6-9(12)8(10)3-5-13/h6-8,13H,2-5,10H2,1H3. The van der Waals surface area contributed by atoms with Gasteiger partial charge in [0.1, 0.15) is 0 Å². The summed E-state index contributed by atoms with van der Waals surface area (Å²) in [4.78, 5) is 4.05. The molecule has 0 aliphatic rings. The quantitative estimate of drug-likeness (QED) is 0.705. The van der Waals surface area contributed by atoms with E-state index in [1.165, 1.54) is 0 Å². The van der Waals surface area contributed by atoms with Crippen LogP contribution in [0, 0.1) is 0 Å². The first kappa shape index (κ1) is 10.2. The molecule has 1 atom stereocenters. The highest BCUT2D eigenvalue weighted by Gasteiger charge is 2.09. The molecule has 0 saturated carbocycles. The van der Waals surface area contributed by atoms with Crippen LogP contribution in [0.15, 0.2) is 12.5 Å². The van der Waals surface area contributed by atoms with Crippen LogP contribution in [0.25, 0.3) is 0 Å². The minimum Gasteiger partial charge on any atom is -0.396 e. The van der Waals surface area contributed by atoms with Gasteiger partial charge in [0.25, 0.3) is 0 Å². The van der Waals surface area contributed by atoms with Crippen LogP contribution in [0.3, 0.4) is 0 Å². The average Bonchev–Trinajstić information content (AvgIpc) is 2.54. The fraction of sp³-hybridized carbons (Fsp3) is 0.667. The normalized spacial score (nSPS) is 13.2. The lowest BCUT2D eigenvalue weighted by Gasteiger charge is -2.12. The van der Waals surface area contributed by atoms with Crippen molar-refractivity contribution < 1.29 is 5.11 Å². The number of aryl methyl sites for hydroxylation is 1. The number of hydrogen-bond acceptors (Lipinski definition) is 3. The Morgan fingerprint density at radius 2 is 2.46 bits per heavy atom. The Hall–Kier alpha value is -0.870. The van der Waals surface area contributed by atoms with Gasteiger partial charge in [-0.25, -0.2) is 4.98 Å². The second kappa shape index (κ2) is 4.99. The van der Waals surface area contributed by atoms with Gasteiger partial charge in [0.2, 0.25) is 0 Å². The molecule has 0 bridgehead atoms. The van der Waals surface area contributed by atoms with Crippen LogP contribution in [0.1, 0.15) is 31.5 Å². The van der Waals surface area contributed by atoms with Crippen molar-refractivity contribution in [3.05, 3.63) is 18.2 Å². The van der Waals surface area contributed by atoms with Crippen molar-refractivity contribution in [1.29, 1.82) is 0 Å². The molecule has 0 saturated heterocycles. The van der Waals surface area contributed by atoms with E-state index in [1.807, 2.05) is 4.57 Å². The maximum atomic E-state index is 8.75. The summed E-state index contributed by atoms with van der Waals surface area (Å²) in [5.74, 6) is 0. The van der Waals surface area contributed by atoms with Gasteiger partial charge in [0.05, 0.1) is 12.0 Å². The van der Waals surface area contributed by atoms with Crippen molar-refractivity contribution in [1.82, 2.24) is 9.55 Å². The molecule has 0 spiro atoms. The highest BCUT2D eigenvalue weighted by Crippen LogP contribution is 2.13. The van der Waals surface area contributed by atoms with Crippen LogP contribution < -0.4 is 5.73 Å². The number of imidazole rings is 1. The van der Waals surface area contributed by atoms with Gasteiger partial charge in [-0.05, 0) is 12.8 Å². The second-order valence-electron chi connectivity index (χ2n) is 3.13. The number of hydrogen-bond donors (Lipinski definition) is 2. The summed E-state index contributed by atoms with van der Waals surface area (Å²) in [6.45, 7) is 3.17. The van der Waals surface area contributed by atoms with Gasteiger partial charge in [-0.15, -0.1) is 0 Å². The van der Waals surface area contributed by atoms with E-state index in [1.54, 1.807) is 12.5 Å². The van der Waals surface area contributed by atoms with Crippen LogP contribution in [0.4, 0.5) is 0 Å². The predicted molar refractivity (Wildman–Crippen MR) is 51.1 cm³/mol. The van der Waals surface area contributed by atoms with Crippen LogP contribution >= 0.6 is 0 Å². The molecule has 13 heavy (non-hydrogen) atoms. The smallest absolute Gasteiger partial charge is 0.0948 e. The molecule has 1 aromatic heterocycles. The van der Waals surface area contributed by atoms with E-state index in [2.05, 4.69) is 11.9 Å². The molecule has 0 radical (unpaired) electrons. The van der Waals surface area contributed by atoms with Gasteiger partial charge in [0, 0.05) is 25.4 Å². The lowest BCUT2D eigenvalue weighted by molar-refractivity contribution is 0.274. The average molecular weight is 183 g/mol. The Bertz CT molecular complexity index is 247. The first-order valence-electron chi connectivity index (χ1n) is 4.66. The summed E-state index contributed by atoms with van der Waals surface area (Å²) < 4.78 is 2.04. The first-order valence-corrected chi connectivity index (χ1v) is 4.66. The molecule has 3 N–H and O–H groups in total. The molecule has 1 heterocycles. The third-order valence-electron chi connectivity index (χ3n) is 2.03. The monoisotopic (exact) mass is 183 g/mol. The first-order chi connectivity index (χ1) is 6.29. The highest BCUT2D eigenvalue weighted by molar-refractivity contribution is 5.04. The van der Waals surface area contributed by atoms with Crippen LogP contribution in [0.5, 0.6) is 0 Å². The molecule has 0 aromatic carbocycles. The number of nitrogens with two attached hydrogens (primary N) is 1. The molecular weight excluding hydrogens is 166 g/mol. The van der Waals surface area contributed by atoms with Gasteiger partial charge >= 0.3 is 0 Å². The zero-order valence-electron chi connectivity index (χ0n) is 7.98. The van der Waals surface area contributed by atoms with Gasteiger partial charge in [-0.3, -0.25) is 0 Å². The van der Waals surface area contributed by atoms with Crippen LogP contribution in [-0.4, -0.2) is 21.3 Å². The molecule has 0 aliphatic heterocycles. The number of aromatic nitrogens is 2. The maximum absolute atomic E-state index is 8.75. The van der Waals surface area contributed by atoms with Gasteiger partial charge in [0.15, 0.2) is 0 Å². The van der Waals surface area contributed by atoms with Crippen LogP contribution in [-0.2, 0) is 6.54 Å². The minimum absolute atomic E-state index is 0.0981. The summed E-state index contributed by atoms with van der Waals surface area (Å²) in [5.41, 5.74) is 6.87. The Morgan fingerprint density at radius 3 is 3.08 bits per heavy atom. The molecule has 1 unspecified atom stereocenters. The number of nitrogens with zero attached hydrogens (tertiary/aromatic N) is 2. The van der Waals surface area contributed by atoms with Crippen LogP contribution in [0.2, 0.25) is 0 Å². The van der Waals surface area contributed by atoms with Gasteiger partial charge < -0.3 is 15.4 Å². The largest absolute Gasteiger partial charge is 0.396 e. The van der Waals surface area contributed by atoms with E-state index in [-0.39, 0.29) is 12.6 Å². The Balaban J connectivity index is 2.68. The number of aliphatic hydroxyl groups excluding tert-OH is 1. The Morgan fingerprint density at radius 1 is 1.69 bits per heavy atom. The summed E-state index contributed by atoms with van der Waals surface area (Å²) in [5, 5.41) is 8.75. The van der Waals surface area contributed by atoms with Crippen molar-refractivity contribution in [3.8, 4) is 0 Å². The lowest BCUT2D eigenvalue weighted by Crippen LogP contribution is -2.16. The van der Waals surface area contributed by atoms with E-state index in [9.17, 15) is 0 Å². The van der Waals surface area contributed by atoms with E-state index < -0.39 is 0 Å². The van der Waals surface area contributed by atoms with Crippen molar-refractivity contribution in [3.63, 3.8) is 0 Å².